The summed E-state index contributed by atoms with van der Waals surface area (Å²) < 4.78 is 78.6. The van der Waals surface area contributed by atoms with Crippen LogP contribution in [0.3, 0.4) is 0 Å². The van der Waals surface area contributed by atoms with Gasteiger partial charge >= 0.3 is 19.0 Å². The summed E-state index contributed by atoms with van der Waals surface area (Å²) in [5, 5.41) is 14.5. The van der Waals surface area contributed by atoms with Gasteiger partial charge in [0.25, 0.3) is 0 Å². The molecule has 592 valence electrons. The van der Waals surface area contributed by atoms with Crippen molar-refractivity contribution in [3.05, 3.63) is 403 Å². The number of aryl methyl sites for hydroxylation is 3. The molecule has 12 rings (SSSR count). The minimum Gasteiger partial charge on any atom is -0.423 e. The number of halogens is 6. The first-order chi connectivity index (χ1) is 53.4. The first-order valence-electron chi connectivity index (χ1n) is 37.7. The highest BCUT2D eigenvalue weighted by molar-refractivity contribution is 6.67. The third-order valence-electron chi connectivity index (χ3n) is 18.0. The van der Waals surface area contributed by atoms with Gasteiger partial charge in [-0.05, 0) is 225 Å². The average molecular weight is 1530 g/mol. The summed E-state index contributed by atoms with van der Waals surface area (Å²) in [7, 11) is 0. The molecule has 0 radical (unpaired) electrons. The molecule has 0 spiro atoms. The standard InChI is InChI=1S/C17H16.C14H15BN6.C13H24.C12H12.C11H10.C10H12.C8H8O.C7H6F6.C7H12/c1-14(16-9-5-3-6-10-16)13-15(2)17-11-7-4-8-12-17;1-2-10-18(9-1)15(19-11-3-4-12-19,20-13-5-7-16-20)21-14-6-8-17-21;1-10(12(3,4)5)9-11(2)13(6,7)8;1-2-10-7-5-8-11-6-3-4-9-12(10)11;1-9-5-4-7-10-6-2-3-8-11(9)10;1-3-6-10-8-5-4-7-9(10)2;1-7(9)8-5-3-2-4-6-8;1-4(6(8,9)10)3-5(2)7(11,12)13;1-6(2)5-7(3)4/h3-13H,1H2,2H3;1-11,13-14H,12H2;9H,1H2,2-8H3;3-9H,2H2,1H3;2-8H,1H3;3-8H,1-2H3;2-6H,1H3;3H,1H2,2H3;5H,1H2,2-4H3/b15-13+;;11-9+;;;6-3+;;5-3+;. The fraction of sp³-hybridized carbons (Fsp3) is 0.232. The zero-order valence-corrected chi connectivity index (χ0v) is 69.2. The molecule has 113 heavy (non-hydrogen) atoms. The summed E-state index contributed by atoms with van der Waals surface area (Å²) in [6.07, 6.45) is 20.1. The van der Waals surface area contributed by atoms with Crippen LogP contribution in [0.1, 0.15) is 148 Å². The van der Waals surface area contributed by atoms with Crippen molar-refractivity contribution in [1.82, 2.24) is 23.9 Å². The molecule has 0 atom stereocenters. The van der Waals surface area contributed by atoms with Crippen LogP contribution in [0.5, 0.6) is 0 Å². The molecule has 7 nitrogen and oxygen atoms in total. The summed E-state index contributed by atoms with van der Waals surface area (Å²) in [4.78, 5) is 10.6. The van der Waals surface area contributed by atoms with Crippen LogP contribution < -0.4 is 0 Å². The Labute approximate surface area is 669 Å². The Morgan fingerprint density at radius 3 is 1.36 bits per heavy atom. The van der Waals surface area contributed by atoms with E-state index in [4.69, 9.17) is 0 Å². The van der Waals surface area contributed by atoms with Gasteiger partial charge in [-0.25, -0.2) is 10.2 Å². The van der Waals surface area contributed by atoms with Crippen LogP contribution in [0, 0.1) is 24.7 Å². The quantitative estimate of drug-likeness (QED) is 0.0500. The molecule has 3 aromatic heterocycles. The number of aromatic nitrogens is 5. The van der Waals surface area contributed by atoms with E-state index in [9.17, 15) is 31.1 Å². The maximum absolute atomic E-state index is 11.7. The van der Waals surface area contributed by atoms with E-state index in [1.165, 1.54) is 77.2 Å². The first kappa shape index (κ1) is 93.7. The second-order valence-electron chi connectivity index (χ2n) is 29.5. The van der Waals surface area contributed by atoms with E-state index in [2.05, 4.69) is 342 Å². The zero-order chi connectivity index (χ0) is 84.0. The van der Waals surface area contributed by atoms with E-state index in [0.717, 1.165) is 29.7 Å². The molecule has 0 saturated heterocycles. The molecule has 11 aromatic rings. The van der Waals surface area contributed by atoms with Gasteiger partial charge in [-0.2, -0.15) is 26.3 Å². The molecule has 1 aliphatic rings. The Morgan fingerprint density at radius 2 is 0.947 bits per heavy atom. The summed E-state index contributed by atoms with van der Waals surface area (Å²) >= 11 is 0. The van der Waals surface area contributed by atoms with Crippen LogP contribution in [-0.4, -0.2) is 65.9 Å². The summed E-state index contributed by atoms with van der Waals surface area (Å²) in [5.74, 6) is 0.121. The number of allylic oxidation sites excluding steroid dienone is 14. The molecule has 0 amide bonds. The van der Waals surface area contributed by atoms with Gasteiger partial charge in [0.2, 0.25) is 0 Å². The molecule has 14 heteroatoms. The number of hydrogen-bond donors (Lipinski definition) is 0. The predicted octanol–water partition coefficient (Wildman–Crippen LogP) is 27.9. The number of alkyl halides is 6. The molecule has 0 fully saturated rings. The van der Waals surface area contributed by atoms with Gasteiger partial charge in [0.05, 0.1) is 0 Å². The van der Waals surface area contributed by atoms with E-state index in [-0.39, 0.29) is 22.7 Å². The maximum atomic E-state index is 11.7. The Morgan fingerprint density at radius 1 is 0.487 bits per heavy atom. The fourth-order valence-electron chi connectivity index (χ4n) is 11.1. The monoisotopic (exact) mass is 1530 g/mol. The third-order valence-corrected chi connectivity index (χ3v) is 18.0. The lowest BCUT2D eigenvalue weighted by Gasteiger charge is -2.37. The van der Waals surface area contributed by atoms with Crippen LogP contribution in [0.2, 0.25) is 0 Å². The molecule has 0 aliphatic carbocycles. The largest absolute Gasteiger partial charge is 0.622 e. The average Bonchev–Trinajstić information content (AvgIpc) is 1.60. The third kappa shape index (κ3) is 31.9. The van der Waals surface area contributed by atoms with Crippen molar-refractivity contribution < 1.29 is 35.6 Å². The minimum absolute atomic E-state index is 0.0278. The van der Waals surface area contributed by atoms with E-state index in [1.807, 2.05) is 114 Å². The fourth-order valence-corrected chi connectivity index (χ4v) is 11.1. The lowest BCUT2D eigenvalue weighted by Crippen LogP contribution is -2.66. The summed E-state index contributed by atoms with van der Waals surface area (Å²) in [5.41, 5.74) is 13.6. The molecule has 0 N–H and O–H groups in total. The van der Waals surface area contributed by atoms with E-state index in [1.54, 1.807) is 19.3 Å². The van der Waals surface area contributed by atoms with Crippen molar-refractivity contribution in [3.8, 4) is 0 Å². The van der Waals surface area contributed by atoms with Gasteiger partial charge in [-0.15, -0.1) is 0 Å². The van der Waals surface area contributed by atoms with Crippen LogP contribution >= 0.6 is 0 Å². The van der Waals surface area contributed by atoms with Crippen molar-refractivity contribution >= 4 is 57.5 Å². The highest BCUT2D eigenvalue weighted by Gasteiger charge is 2.48. The number of fused-ring (bicyclic) bond motifs is 2. The number of rotatable bonds is 13. The number of carbonyl (C=O) groups excluding carboxylic acids is 1. The molecule has 8 aromatic carbocycles. The number of ketones is 1. The van der Waals surface area contributed by atoms with E-state index in [0.29, 0.717) is 6.92 Å². The molecule has 0 unspecified atom stereocenters. The van der Waals surface area contributed by atoms with Gasteiger partial charge in [0.1, 0.15) is 12.8 Å². The zero-order valence-electron chi connectivity index (χ0n) is 69.2. The minimum atomic E-state index is -4.81. The normalized spacial score (nSPS) is 12.0. The van der Waals surface area contributed by atoms with Crippen molar-refractivity contribution in [3.63, 3.8) is 0 Å². The van der Waals surface area contributed by atoms with Crippen molar-refractivity contribution in [2.24, 2.45) is 10.8 Å². The molecule has 0 saturated carbocycles. The molecule has 1 aliphatic heterocycles. The van der Waals surface area contributed by atoms with E-state index < -0.39 is 30.2 Å². The number of carbonyl (C=O) groups is 1. The van der Waals surface area contributed by atoms with Crippen molar-refractivity contribution in [2.45, 2.75) is 136 Å². The second kappa shape index (κ2) is 46.3. The SMILES string of the molecule is C/C=C/c1ccccc1C.C1=CC[N+]([B-](n2cccc2)(n2cccn2)n2cccn2)=C1.C=C(/C=C(\C)C(C)(C)C)C(C)(C)C.C=C(/C=C(\C)C(F)(F)F)C(F)(F)F.C=C(/C=C(\C)c1ccccc1)c1ccccc1.C=C(C)C=C(C)C.CC(=O)c1ccccc1.CCc1cccc2ccccc12.Cc1cccc2ccccc12. The van der Waals surface area contributed by atoms with Crippen LogP contribution in [0.15, 0.2) is 364 Å². The summed E-state index contributed by atoms with van der Waals surface area (Å²) in [6, 6.07) is 76.0. The molecule has 0 bridgehead atoms. The molecular formula is C99H115BF6N6O. The Kier molecular flexibility index (Phi) is 38.4. The Hall–Kier alpha value is -11.6. The highest BCUT2D eigenvalue weighted by Crippen LogP contribution is 2.33. The second-order valence-corrected chi connectivity index (χ2v) is 29.5. The summed E-state index contributed by atoms with van der Waals surface area (Å²) in [6.45, 7) is 48.0. The van der Waals surface area contributed by atoms with Gasteiger partial charge in [-0.3, -0.25) is 4.79 Å². The molecule has 4 heterocycles. The number of hydrogen-bond acceptors (Lipinski definition) is 3. The highest BCUT2D eigenvalue weighted by atomic mass is 19.4. The van der Waals surface area contributed by atoms with Gasteiger partial charge < -0.3 is 18.2 Å². The lowest BCUT2D eigenvalue weighted by atomic mass is 9.73. The van der Waals surface area contributed by atoms with Crippen LogP contribution in [-0.2, 0) is 6.42 Å². The van der Waals surface area contributed by atoms with Crippen LogP contribution in [0.4, 0.5) is 26.3 Å². The maximum Gasteiger partial charge on any atom is 0.622 e. The number of nitrogens with zero attached hydrogens (tertiary/aromatic N) is 6. The van der Waals surface area contributed by atoms with Crippen molar-refractivity contribution in [2.75, 3.05) is 6.54 Å². The van der Waals surface area contributed by atoms with Gasteiger partial charge in [-0.1, -0.05) is 322 Å². The van der Waals surface area contributed by atoms with Gasteiger partial charge in [0.15, 0.2) is 5.78 Å². The topological polar surface area (TPSA) is 60.6 Å². The van der Waals surface area contributed by atoms with E-state index >= 15 is 0 Å². The number of benzene rings is 8. The molecular weight excluding hydrogens is 1410 g/mol. The predicted molar refractivity (Wildman–Crippen MR) is 472 cm³/mol. The first-order valence-corrected chi connectivity index (χ1v) is 37.7. The lowest BCUT2D eigenvalue weighted by molar-refractivity contribution is -0.390. The Balaban J connectivity index is 0.000000273. The smallest absolute Gasteiger partial charge is 0.423 e. The van der Waals surface area contributed by atoms with Crippen LogP contribution in [0.25, 0.3) is 38.8 Å². The number of Topliss-reactive ketones (excluding diaryl/α,β-unsaturated/α-hetero) is 1. The van der Waals surface area contributed by atoms with Crippen molar-refractivity contribution in [1.29, 1.82) is 0 Å². The Bertz CT molecular complexity index is 4830. The van der Waals surface area contributed by atoms with Gasteiger partial charge in [0, 0.05) is 29.1 Å².